The van der Waals surface area contributed by atoms with E-state index in [9.17, 15) is 4.79 Å². The van der Waals surface area contributed by atoms with Crippen LogP contribution in [0.1, 0.15) is 28.8 Å². The predicted octanol–water partition coefficient (Wildman–Crippen LogP) is 1.99. The van der Waals surface area contributed by atoms with Crippen LogP contribution in [0, 0.1) is 12.8 Å². The maximum atomic E-state index is 11.7. The second kappa shape index (κ2) is 3.40. The molecule has 0 radical (unpaired) electrons. The average Bonchev–Trinajstić information content (AvgIpc) is 3.00. The zero-order valence-electron chi connectivity index (χ0n) is 8.41. The third-order valence-corrected chi connectivity index (χ3v) is 2.46. The van der Waals surface area contributed by atoms with Gasteiger partial charge in [0.15, 0.2) is 5.78 Å². The monoisotopic (exact) mass is 191 g/mol. The molecule has 74 valence electrons. The largest absolute Gasteiger partial charge is 0.481 e. The van der Waals surface area contributed by atoms with Crippen molar-refractivity contribution in [3.63, 3.8) is 0 Å². The molecule has 0 amide bonds. The van der Waals surface area contributed by atoms with E-state index in [1.54, 1.807) is 13.3 Å². The summed E-state index contributed by atoms with van der Waals surface area (Å²) in [6.07, 6.45) is 3.67. The van der Waals surface area contributed by atoms with Gasteiger partial charge in [-0.1, -0.05) is 0 Å². The van der Waals surface area contributed by atoms with Crippen LogP contribution in [0.25, 0.3) is 0 Å². The Bertz CT molecular complexity index is 370. The third kappa shape index (κ3) is 1.62. The summed E-state index contributed by atoms with van der Waals surface area (Å²) in [5, 5.41) is 0. The fourth-order valence-electron chi connectivity index (χ4n) is 1.49. The first-order chi connectivity index (χ1) is 6.72. The van der Waals surface area contributed by atoms with Crippen LogP contribution in [0.2, 0.25) is 0 Å². The Morgan fingerprint density at radius 2 is 2.29 bits per heavy atom. The minimum absolute atomic E-state index is 0.225. The van der Waals surface area contributed by atoms with Crippen LogP contribution in [0.5, 0.6) is 5.88 Å². The maximum Gasteiger partial charge on any atom is 0.215 e. The first-order valence-electron chi connectivity index (χ1n) is 4.77. The molecular weight excluding hydrogens is 178 g/mol. The van der Waals surface area contributed by atoms with Crippen LogP contribution < -0.4 is 4.74 Å². The van der Waals surface area contributed by atoms with Gasteiger partial charge < -0.3 is 4.74 Å². The van der Waals surface area contributed by atoms with E-state index in [0.29, 0.717) is 11.4 Å². The van der Waals surface area contributed by atoms with Gasteiger partial charge in [0.2, 0.25) is 5.88 Å². The highest BCUT2D eigenvalue weighted by Crippen LogP contribution is 2.32. The molecule has 0 aliphatic heterocycles. The molecular formula is C11H13NO2. The summed E-state index contributed by atoms with van der Waals surface area (Å²) in [5.74, 6) is 1.07. The molecule has 1 aromatic rings. The number of methoxy groups -OCH3 is 1. The molecule has 0 atom stereocenters. The molecule has 0 N–H and O–H groups in total. The Labute approximate surface area is 83.1 Å². The number of ether oxygens (including phenoxy) is 1. The molecule has 0 aromatic carbocycles. The smallest absolute Gasteiger partial charge is 0.215 e. The average molecular weight is 191 g/mol. The Hall–Kier alpha value is -1.38. The van der Waals surface area contributed by atoms with Gasteiger partial charge in [-0.2, -0.15) is 0 Å². The van der Waals surface area contributed by atoms with Crippen LogP contribution in [0.4, 0.5) is 0 Å². The Morgan fingerprint density at radius 3 is 2.79 bits per heavy atom. The van der Waals surface area contributed by atoms with Crippen LogP contribution in [0.3, 0.4) is 0 Å². The minimum Gasteiger partial charge on any atom is -0.481 e. The van der Waals surface area contributed by atoms with Crippen molar-refractivity contribution in [1.29, 1.82) is 0 Å². The highest BCUT2D eigenvalue weighted by atomic mass is 16.5. The number of hydrogen-bond acceptors (Lipinski definition) is 3. The standard InChI is InChI=1S/C11H13NO2/c1-7-5-9(6-12-11(7)14-2)10(13)8-3-4-8/h5-6,8H,3-4H2,1-2H3. The third-order valence-electron chi connectivity index (χ3n) is 2.46. The summed E-state index contributed by atoms with van der Waals surface area (Å²) in [5.41, 5.74) is 1.63. The van der Waals surface area contributed by atoms with Gasteiger partial charge in [0.25, 0.3) is 0 Å². The van der Waals surface area contributed by atoms with Crippen molar-refractivity contribution in [2.24, 2.45) is 5.92 Å². The SMILES string of the molecule is COc1ncc(C(=O)C2CC2)cc1C. The number of nitrogens with zero attached hydrogens (tertiary/aromatic N) is 1. The van der Waals surface area contributed by atoms with Crippen LogP contribution >= 0.6 is 0 Å². The van der Waals surface area contributed by atoms with E-state index in [2.05, 4.69) is 4.98 Å². The topological polar surface area (TPSA) is 39.2 Å². The van der Waals surface area contributed by atoms with Crippen molar-refractivity contribution in [3.8, 4) is 5.88 Å². The van der Waals surface area contributed by atoms with Gasteiger partial charge in [0.05, 0.1) is 7.11 Å². The number of rotatable bonds is 3. The lowest BCUT2D eigenvalue weighted by Crippen LogP contribution is -2.03. The number of ketones is 1. The lowest BCUT2D eigenvalue weighted by atomic mass is 10.1. The van der Waals surface area contributed by atoms with Crippen LogP contribution in [-0.4, -0.2) is 17.9 Å². The normalized spacial score (nSPS) is 15.3. The van der Waals surface area contributed by atoms with Crippen LogP contribution in [0.15, 0.2) is 12.3 Å². The summed E-state index contributed by atoms with van der Waals surface area (Å²) in [4.78, 5) is 15.8. The predicted molar refractivity (Wildman–Crippen MR) is 52.6 cm³/mol. The van der Waals surface area contributed by atoms with E-state index in [-0.39, 0.29) is 11.7 Å². The number of carbonyl (C=O) groups is 1. The molecule has 3 nitrogen and oxygen atoms in total. The molecule has 0 spiro atoms. The number of hydrogen-bond donors (Lipinski definition) is 0. The van der Waals surface area contributed by atoms with Crippen molar-refractivity contribution in [2.75, 3.05) is 7.11 Å². The Kier molecular flexibility index (Phi) is 2.23. The molecule has 1 aromatic heterocycles. The summed E-state index contributed by atoms with van der Waals surface area (Å²) >= 11 is 0. The van der Waals surface area contributed by atoms with Gasteiger partial charge in [-0.15, -0.1) is 0 Å². The molecule has 1 fully saturated rings. The molecule has 14 heavy (non-hydrogen) atoms. The van der Waals surface area contributed by atoms with E-state index < -0.39 is 0 Å². The fraction of sp³-hybridized carbons (Fsp3) is 0.455. The molecule has 2 rings (SSSR count). The van der Waals surface area contributed by atoms with E-state index in [1.165, 1.54) is 0 Å². The van der Waals surface area contributed by atoms with Gasteiger partial charge in [0, 0.05) is 23.2 Å². The zero-order valence-corrected chi connectivity index (χ0v) is 8.41. The second-order valence-electron chi connectivity index (χ2n) is 3.69. The molecule has 1 aliphatic rings. The van der Waals surface area contributed by atoms with Gasteiger partial charge in [0.1, 0.15) is 0 Å². The Balaban J connectivity index is 2.27. The summed E-state index contributed by atoms with van der Waals surface area (Å²) in [6.45, 7) is 1.90. The maximum absolute atomic E-state index is 11.7. The van der Waals surface area contributed by atoms with Crippen molar-refractivity contribution in [1.82, 2.24) is 4.98 Å². The van der Waals surface area contributed by atoms with Crippen molar-refractivity contribution >= 4 is 5.78 Å². The lowest BCUT2D eigenvalue weighted by molar-refractivity contribution is 0.0967. The molecule has 1 aliphatic carbocycles. The molecule has 0 unspecified atom stereocenters. The number of Topliss-reactive ketones (excluding diaryl/α,β-unsaturated/α-hetero) is 1. The van der Waals surface area contributed by atoms with Crippen molar-refractivity contribution in [2.45, 2.75) is 19.8 Å². The van der Waals surface area contributed by atoms with Gasteiger partial charge >= 0.3 is 0 Å². The highest BCUT2D eigenvalue weighted by Gasteiger charge is 2.30. The summed E-state index contributed by atoms with van der Waals surface area (Å²) in [6, 6.07) is 1.85. The van der Waals surface area contributed by atoms with E-state index in [1.807, 2.05) is 13.0 Å². The molecule has 1 heterocycles. The van der Waals surface area contributed by atoms with E-state index in [0.717, 1.165) is 18.4 Å². The molecule has 0 saturated heterocycles. The van der Waals surface area contributed by atoms with Crippen LogP contribution in [-0.2, 0) is 0 Å². The summed E-state index contributed by atoms with van der Waals surface area (Å²) in [7, 11) is 1.58. The van der Waals surface area contributed by atoms with E-state index in [4.69, 9.17) is 4.74 Å². The highest BCUT2D eigenvalue weighted by molar-refractivity contribution is 5.99. The number of pyridine rings is 1. The molecule has 3 heteroatoms. The lowest BCUT2D eigenvalue weighted by Gasteiger charge is -2.04. The number of aromatic nitrogens is 1. The van der Waals surface area contributed by atoms with Crippen molar-refractivity contribution in [3.05, 3.63) is 23.4 Å². The molecule has 0 bridgehead atoms. The first kappa shape index (κ1) is 9.19. The Morgan fingerprint density at radius 1 is 1.57 bits per heavy atom. The number of carbonyl (C=O) groups excluding carboxylic acids is 1. The van der Waals surface area contributed by atoms with Gasteiger partial charge in [-0.25, -0.2) is 4.98 Å². The minimum atomic E-state index is 0.225. The van der Waals surface area contributed by atoms with E-state index >= 15 is 0 Å². The van der Waals surface area contributed by atoms with Crippen molar-refractivity contribution < 1.29 is 9.53 Å². The molecule has 1 saturated carbocycles. The second-order valence-corrected chi connectivity index (χ2v) is 3.69. The fourth-order valence-corrected chi connectivity index (χ4v) is 1.49. The quantitative estimate of drug-likeness (QED) is 0.686. The van der Waals surface area contributed by atoms with Gasteiger partial charge in [-0.3, -0.25) is 4.79 Å². The first-order valence-corrected chi connectivity index (χ1v) is 4.77. The summed E-state index contributed by atoms with van der Waals surface area (Å²) < 4.78 is 5.03. The van der Waals surface area contributed by atoms with Gasteiger partial charge in [-0.05, 0) is 25.8 Å². The zero-order chi connectivity index (χ0) is 10.1. The number of aryl methyl sites for hydroxylation is 1.